The van der Waals surface area contributed by atoms with Crippen molar-refractivity contribution in [3.8, 4) is 0 Å². The second-order valence-corrected chi connectivity index (χ2v) is 5.26. The number of nitrogens with zero attached hydrogens (tertiary/aromatic N) is 1. The van der Waals surface area contributed by atoms with Crippen LogP contribution in [0, 0.1) is 0 Å². The lowest BCUT2D eigenvalue weighted by molar-refractivity contribution is 0.0917. The standard InChI is InChI=1S/C13H18ClN3O/c1-17-4-2-12(3-5-17)16-13(18)9-6-10(14)8-11(15)7-9/h6-8,12H,2-5,15H2,1H3,(H,16,18). The first-order chi connectivity index (χ1) is 8.54. The molecule has 1 fully saturated rings. The van der Waals surface area contributed by atoms with E-state index in [4.69, 9.17) is 17.3 Å². The highest BCUT2D eigenvalue weighted by Crippen LogP contribution is 2.17. The van der Waals surface area contributed by atoms with Crippen LogP contribution in [0.3, 0.4) is 0 Å². The minimum atomic E-state index is -0.0984. The molecule has 18 heavy (non-hydrogen) atoms. The molecule has 0 radical (unpaired) electrons. The van der Waals surface area contributed by atoms with E-state index in [1.807, 2.05) is 0 Å². The summed E-state index contributed by atoms with van der Waals surface area (Å²) < 4.78 is 0. The van der Waals surface area contributed by atoms with E-state index in [1.165, 1.54) is 0 Å². The topological polar surface area (TPSA) is 58.4 Å². The summed E-state index contributed by atoms with van der Waals surface area (Å²) in [6.07, 6.45) is 1.97. The van der Waals surface area contributed by atoms with Gasteiger partial charge in [-0.25, -0.2) is 0 Å². The smallest absolute Gasteiger partial charge is 0.251 e. The zero-order valence-corrected chi connectivity index (χ0v) is 11.2. The maximum absolute atomic E-state index is 12.1. The lowest BCUT2D eigenvalue weighted by Gasteiger charge is -2.29. The second-order valence-electron chi connectivity index (χ2n) is 4.82. The predicted octanol–water partition coefficient (Wildman–Crippen LogP) is 1.75. The van der Waals surface area contributed by atoms with Gasteiger partial charge in [-0.15, -0.1) is 0 Å². The van der Waals surface area contributed by atoms with Crippen LogP contribution in [0.2, 0.25) is 5.02 Å². The van der Waals surface area contributed by atoms with E-state index in [1.54, 1.807) is 18.2 Å². The van der Waals surface area contributed by atoms with Gasteiger partial charge in [-0.2, -0.15) is 0 Å². The Bertz CT molecular complexity index is 422. The van der Waals surface area contributed by atoms with Crippen molar-refractivity contribution in [2.45, 2.75) is 18.9 Å². The fraction of sp³-hybridized carbons (Fsp3) is 0.462. The van der Waals surface area contributed by atoms with Crippen LogP contribution in [0.1, 0.15) is 23.2 Å². The van der Waals surface area contributed by atoms with Crippen molar-refractivity contribution in [3.05, 3.63) is 28.8 Å². The molecular weight excluding hydrogens is 250 g/mol. The number of likely N-dealkylation sites (tertiary alicyclic amines) is 1. The normalized spacial score (nSPS) is 17.7. The van der Waals surface area contributed by atoms with E-state index in [-0.39, 0.29) is 11.9 Å². The molecule has 0 aliphatic carbocycles. The van der Waals surface area contributed by atoms with Gasteiger partial charge >= 0.3 is 0 Å². The average Bonchev–Trinajstić information content (AvgIpc) is 2.31. The Labute approximate surface area is 112 Å². The largest absolute Gasteiger partial charge is 0.399 e. The number of benzene rings is 1. The molecule has 0 atom stereocenters. The van der Waals surface area contributed by atoms with Gasteiger partial charge in [-0.05, 0) is 51.2 Å². The molecule has 2 rings (SSSR count). The molecule has 3 N–H and O–H groups in total. The number of halogens is 1. The monoisotopic (exact) mass is 267 g/mol. The van der Waals surface area contributed by atoms with Gasteiger partial charge in [0.1, 0.15) is 0 Å². The quantitative estimate of drug-likeness (QED) is 0.803. The van der Waals surface area contributed by atoms with Crippen molar-refractivity contribution in [1.29, 1.82) is 0 Å². The van der Waals surface area contributed by atoms with E-state index < -0.39 is 0 Å². The Morgan fingerprint density at radius 2 is 2.06 bits per heavy atom. The highest BCUT2D eigenvalue weighted by molar-refractivity contribution is 6.31. The molecule has 4 nitrogen and oxygen atoms in total. The van der Waals surface area contributed by atoms with Crippen molar-refractivity contribution in [1.82, 2.24) is 10.2 Å². The van der Waals surface area contributed by atoms with Crippen molar-refractivity contribution in [2.24, 2.45) is 0 Å². The van der Waals surface area contributed by atoms with Crippen molar-refractivity contribution >= 4 is 23.2 Å². The van der Waals surface area contributed by atoms with Crippen LogP contribution in [0.25, 0.3) is 0 Å². The third-order valence-electron chi connectivity index (χ3n) is 3.24. The van der Waals surface area contributed by atoms with Crippen molar-refractivity contribution in [2.75, 3.05) is 25.9 Å². The number of hydrogen-bond acceptors (Lipinski definition) is 3. The number of anilines is 1. The van der Waals surface area contributed by atoms with Gasteiger partial charge in [0.25, 0.3) is 5.91 Å². The molecule has 1 heterocycles. The third kappa shape index (κ3) is 3.37. The number of piperidine rings is 1. The molecule has 0 aromatic heterocycles. The molecule has 0 spiro atoms. The molecule has 0 bridgehead atoms. The van der Waals surface area contributed by atoms with Crippen LogP contribution >= 0.6 is 11.6 Å². The highest BCUT2D eigenvalue weighted by Gasteiger charge is 2.19. The number of nitrogens with one attached hydrogen (secondary N) is 1. The number of amides is 1. The average molecular weight is 268 g/mol. The van der Waals surface area contributed by atoms with Crippen LogP contribution in [0.5, 0.6) is 0 Å². The summed E-state index contributed by atoms with van der Waals surface area (Å²) in [5.74, 6) is -0.0984. The maximum atomic E-state index is 12.1. The van der Waals surface area contributed by atoms with E-state index in [0.717, 1.165) is 25.9 Å². The number of carbonyl (C=O) groups excluding carboxylic acids is 1. The molecule has 5 heteroatoms. The molecule has 1 saturated heterocycles. The molecule has 1 aliphatic rings. The van der Waals surface area contributed by atoms with Crippen LogP contribution in [-0.4, -0.2) is 37.0 Å². The first-order valence-corrected chi connectivity index (χ1v) is 6.48. The molecule has 0 saturated carbocycles. The molecule has 1 aromatic rings. The Balaban J connectivity index is 1.99. The van der Waals surface area contributed by atoms with Gasteiger partial charge in [0.15, 0.2) is 0 Å². The summed E-state index contributed by atoms with van der Waals surface area (Å²) in [6.45, 7) is 2.03. The van der Waals surface area contributed by atoms with E-state index in [9.17, 15) is 4.79 Å². The zero-order valence-electron chi connectivity index (χ0n) is 10.4. The van der Waals surface area contributed by atoms with Gasteiger partial charge < -0.3 is 16.0 Å². The van der Waals surface area contributed by atoms with E-state index in [2.05, 4.69) is 17.3 Å². The van der Waals surface area contributed by atoms with Gasteiger partial charge in [0.2, 0.25) is 0 Å². The fourth-order valence-corrected chi connectivity index (χ4v) is 2.41. The minimum absolute atomic E-state index is 0.0984. The minimum Gasteiger partial charge on any atom is -0.399 e. The summed E-state index contributed by atoms with van der Waals surface area (Å²) in [5.41, 5.74) is 6.71. The van der Waals surface area contributed by atoms with E-state index in [0.29, 0.717) is 16.3 Å². The lowest BCUT2D eigenvalue weighted by Crippen LogP contribution is -2.43. The van der Waals surface area contributed by atoms with Crippen molar-refractivity contribution in [3.63, 3.8) is 0 Å². The summed E-state index contributed by atoms with van der Waals surface area (Å²) >= 11 is 5.89. The molecule has 1 aliphatic heterocycles. The van der Waals surface area contributed by atoms with Gasteiger partial charge in [0.05, 0.1) is 0 Å². The lowest BCUT2D eigenvalue weighted by atomic mass is 10.0. The van der Waals surface area contributed by atoms with Gasteiger partial charge in [0, 0.05) is 22.3 Å². The van der Waals surface area contributed by atoms with Crippen LogP contribution < -0.4 is 11.1 Å². The third-order valence-corrected chi connectivity index (χ3v) is 3.45. The number of rotatable bonds is 2. The number of carbonyl (C=O) groups is 1. The molecule has 0 unspecified atom stereocenters. The number of nitrogens with two attached hydrogens (primary N) is 1. The number of nitrogen functional groups attached to an aromatic ring is 1. The van der Waals surface area contributed by atoms with Gasteiger partial charge in [-0.1, -0.05) is 11.6 Å². The number of hydrogen-bond donors (Lipinski definition) is 2. The highest BCUT2D eigenvalue weighted by atomic mass is 35.5. The predicted molar refractivity (Wildman–Crippen MR) is 73.8 cm³/mol. The van der Waals surface area contributed by atoms with E-state index >= 15 is 0 Å². The van der Waals surface area contributed by atoms with Crippen LogP contribution in [0.15, 0.2) is 18.2 Å². The Hall–Kier alpha value is -1.26. The molecule has 1 amide bonds. The first kappa shape index (κ1) is 13.2. The summed E-state index contributed by atoms with van der Waals surface area (Å²) in [6, 6.07) is 5.17. The molecular formula is C13H18ClN3O. The van der Waals surface area contributed by atoms with Crippen LogP contribution in [-0.2, 0) is 0 Å². The Morgan fingerprint density at radius 3 is 2.67 bits per heavy atom. The van der Waals surface area contributed by atoms with Crippen LogP contribution in [0.4, 0.5) is 5.69 Å². The van der Waals surface area contributed by atoms with Gasteiger partial charge in [-0.3, -0.25) is 4.79 Å². The second kappa shape index (κ2) is 5.59. The maximum Gasteiger partial charge on any atom is 0.251 e. The fourth-order valence-electron chi connectivity index (χ4n) is 2.17. The SMILES string of the molecule is CN1CCC(NC(=O)c2cc(N)cc(Cl)c2)CC1. The molecule has 1 aromatic carbocycles. The Kier molecular flexibility index (Phi) is 4.09. The summed E-state index contributed by atoms with van der Waals surface area (Å²) in [7, 11) is 2.09. The zero-order chi connectivity index (χ0) is 13.1. The molecule has 98 valence electrons. The first-order valence-electron chi connectivity index (χ1n) is 6.10. The summed E-state index contributed by atoms with van der Waals surface area (Å²) in [4.78, 5) is 14.3. The Morgan fingerprint density at radius 1 is 1.39 bits per heavy atom. The summed E-state index contributed by atoms with van der Waals surface area (Å²) in [5, 5.41) is 3.52. The van der Waals surface area contributed by atoms with Crippen molar-refractivity contribution < 1.29 is 4.79 Å².